The number of unbranched alkanes of at least 4 members (excludes halogenated alkanes) is 1. The molecule has 0 bridgehead atoms. The predicted molar refractivity (Wildman–Crippen MR) is 149 cm³/mol. The van der Waals surface area contributed by atoms with E-state index in [9.17, 15) is 18.0 Å². The van der Waals surface area contributed by atoms with Crippen LogP contribution in [0.15, 0.2) is 70.8 Å². The molecule has 1 saturated carbocycles. The highest BCUT2D eigenvalue weighted by Crippen LogP contribution is 2.45. The molecule has 0 radical (unpaired) electrons. The lowest BCUT2D eigenvalue weighted by Gasteiger charge is -2.20. The normalized spacial score (nSPS) is 16.9. The number of amides is 1. The van der Waals surface area contributed by atoms with Crippen LogP contribution in [0.2, 0.25) is 0 Å². The van der Waals surface area contributed by atoms with Crippen LogP contribution in [0.5, 0.6) is 0 Å². The third-order valence-electron chi connectivity index (χ3n) is 7.62. The van der Waals surface area contributed by atoms with E-state index in [0.717, 1.165) is 62.1 Å². The van der Waals surface area contributed by atoms with E-state index >= 15 is 4.39 Å². The Balaban J connectivity index is 1.35. The summed E-state index contributed by atoms with van der Waals surface area (Å²) in [7, 11) is 0. The van der Waals surface area contributed by atoms with Gasteiger partial charge in [-0.05, 0) is 111 Å². The second-order valence-corrected chi connectivity index (χ2v) is 10.9. The standard InChI is InChI=1S/C32H37F4N3O/c33-30-26(8-2-1-6-22-11-13-24(14-12-22)21-29(37)40)9-3-4-18-39-31(30)27(25-15-16-25)10-5-7-23-17-19-38-28(20-23)32(34,35)36/h9,11-14,17-20,25,27H,1-8,10,15-16,21H2,(H2,37,40). The largest absolute Gasteiger partial charge is 0.433 e. The van der Waals surface area contributed by atoms with Gasteiger partial charge >= 0.3 is 6.18 Å². The van der Waals surface area contributed by atoms with Crippen molar-refractivity contribution < 1.29 is 22.4 Å². The first-order valence-electron chi connectivity index (χ1n) is 14.2. The topological polar surface area (TPSA) is 68.3 Å². The molecule has 0 spiro atoms. The number of aromatic nitrogens is 1. The Kier molecular flexibility index (Phi) is 10.3. The van der Waals surface area contributed by atoms with Gasteiger partial charge in [0, 0.05) is 18.3 Å². The van der Waals surface area contributed by atoms with Crippen LogP contribution >= 0.6 is 0 Å². The average molecular weight is 556 g/mol. The maximum Gasteiger partial charge on any atom is 0.433 e. The molecular formula is C32H37F4N3O. The summed E-state index contributed by atoms with van der Waals surface area (Å²) >= 11 is 0. The van der Waals surface area contributed by atoms with Gasteiger partial charge in [0.15, 0.2) is 0 Å². The molecule has 1 aromatic heterocycles. The molecule has 4 rings (SSSR count). The molecule has 2 heterocycles. The van der Waals surface area contributed by atoms with Gasteiger partial charge in [-0.15, -0.1) is 0 Å². The number of nitrogens with two attached hydrogens (primary N) is 1. The van der Waals surface area contributed by atoms with E-state index in [1.165, 1.54) is 11.8 Å². The van der Waals surface area contributed by atoms with E-state index in [0.29, 0.717) is 42.9 Å². The minimum atomic E-state index is -4.46. The number of aliphatic imine (C=N–C) groups is 1. The highest BCUT2D eigenvalue weighted by atomic mass is 19.4. The molecule has 1 unspecified atom stereocenters. The van der Waals surface area contributed by atoms with Crippen LogP contribution in [0, 0.1) is 11.8 Å². The van der Waals surface area contributed by atoms with Crippen molar-refractivity contribution in [3.63, 3.8) is 0 Å². The summed E-state index contributed by atoms with van der Waals surface area (Å²) in [6, 6.07) is 10.6. The summed E-state index contributed by atoms with van der Waals surface area (Å²) in [5.41, 5.74) is 8.28. The zero-order valence-corrected chi connectivity index (χ0v) is 22.7. The molecular weight excluding hydrogens is 518 g/mol. The molecule has 2 aliphatic rings. The molecule has 0 saturated heterocycles. The van der Waals surface area contributed by atoms with Crippen molar-refractivity contribution in [1.29, 1.82) is 0 Å². The number of aryl methyl sites for hydroxylation is 2. The Morgan fingerprint density at radius 1 is 0.950 bits per heavy atom. The summed E-state index contributed by atoms with van der Waals surface area (Å²) in [6.45, 7) is 0. The van der Waals surface area contributed by atoms with Crippen LogP contribution in [0.1, 0.15) is 80.2 Å². The third kappa shape index (κ3) is 8.86. The highest BCUT2D eigenvalue weighted by Gasteiger charge is 2.36. The minimum Gasteiger partial charge on any atom is -0.369 e. The van der Waals surface area contributed by atoms with Crippen LogP contribution in [0.25, 0.3) is 0 Å². The quantitative estimate of drug-likeness (QED) is 0.202. The number of halogens is 4. The van der Waals surface area contributed by atoms with E-state index < -0.39 is 11.9 Å². The van der Waals surface area contributed by atoms with E-state index in [-0.39, 0.29) is 24.1 Å². The van der Waals surface area contributed by atoms with Crippen molar-refractivity contribution in [2.75, 3.05) is 0 Å². The maximum absolute atomic E-state index is 16.0. The number of rotatable bonds is 13. The van der Waals surface area contributed by atoms with Crippen LogP contribution in [0.3, 0.4) is 0 Å². The number of alkyl halides is 3. The molecule has 8 heteroatoms. The second-order valence-electron chi connectivity index (χ2n) is 10.9. The fourth-order valence-electron chi connectivity index (χ4n) is 5.35. The molecule has 4 nitrogen and oxygen atoms in total. The number of hydrogen-bond acceptors (Lipinski definition) is 3. The highest BCUT2D eigenvalue weighted by molar-refractivity contribution is 5.76. The molecule has 1 aliphatic heterocycles. The monoisotopic (exact) mass is 555 g/mol. The first-order chi connectivity index (χ1) is 19.2. The van der Waals surface area contributed by atoms with Gasteiger partial charge in [-0.3, -0.25) is 14.8 Å². The second kappa shape index (κ2) is 13.9. The van der Waals surface area contributed by atoms with Gasteiger partial charge in [-0.1, -0.05) is 30.3 Å². The SMILES string of the molecule is NC(=O)Cc1ccc(CCCCC2=CCCC=NC(C(CCCc3ccnc(C(F)(F)F)c3)C3CC3)=C2F)cc1. The smallest absolute Gasteiger partial charge is 0.369 e. The fourth-order valence-corrected chi connectivity index (χ4v) is 5.35. The van der Waals surface area contributed by atoms with E-state index in [1.807, 2.05) is 30.3 Å². The number of carbonyl (C=O) groups is 1. The summed E-state index contributed by atoms with van der Waals surface area (Å²) in [5.74, 6) is -0.219. The third-order valence-corrected chi connectivity index (χ3v) is 7.62. The van der Waals surface area contributed by atoms with Crippen LogP contribution in [-0.4, -0.2) is 17.1 Å². The van der Waals surface area contributed by atoms with Crippen molar-refractivity contribution >= 4 is 12.1 Å². The fraction of sp³-hybridized carbons (Fsp3) is 0.469. The Bertz CT molecular complexity index is 1240. The molecule has 1 amide bonds. The van der Waals surface area contributed by atoms with E-state index in [1.54, 1.807) is 12.3 Å². The molecule has 1 atom stereocenters. The Morgan fingerprint density at radius 2 is 1.65 bits per heavy atom. The number of primary amides is 1. The molecule has 1 aliphatic carbocycles. The number of carbonyl (C=O) groups excluding carboxylic acids is 1. The Hall–Kier alpha value is -3.29. The average Bonchev–Trinajstić information content (AvgIpc) is 3.75. The van der Waals surface area contributed by atoms with Crippen molar-refractivity contribution in [2.45, 2.75) is 83.2 Å². The molecule has 214 valence electrons. The lowest BCUT2D eigenvalue weighted by atomic mass is 9.89. The number of hydrogen-bond donors (Lipinski definition) is 1. The first-order valence-corrected chi connectivity index (χ1v) is 14.2. The molecule has 2 N–H and O–H groups in total. The van der Waals surface area contributed by atoms with Crippen molar-refractivity contribution in [3.8, 4) is 0 Å². The number of pyridine rings is 1. The summed E-state index contributed by atoms with van der Waals surface area (Å²) in [6.07, 6.45) is 9.43. The van der Waals surface area contributed by atoms with Gasteiger partial charge in [-0.2, -0.15) is 13.2 Å². The lowest BCUT2D eigenvalue weighted by molar-refractivity contribution is -0.141. The maximum atomic E-state index is 16.0. The van der Waals surface area contributed by atoms with Crippen molar-refractivity contribution in [1.82, 2.24) is 4.98 Å². The zero-order chi connectivity index (χ0) is 28.5. The van der Waals surface area contributed by atoms with Gasteiger partial charge < -0.3 is 5.73 Å². The van der Waals surface area contributed by atoms with Crippen LogP contribution in [-0.2, 0) is 30.2 Å². The van der Waals surface area contributed by atoms with Crippen LogP contribution in [0.4, 0.5) is 17.6 Å². The Labute approximate surface area is 233 Å². The Morgan fingerprint density at radius 3 is 2.35 bits per heavy atom. The first kappa shape index (κ1) is 29.7. The summed E-state index contributed by atoms with van der Waals surface area (Å²) in [4.78, 5) is 19.1. The van der Waals surface area contributed by atoms with Gasteiger partial charge in [-0.25, -0.2) is 4.39 Å². The number of allylic oxidation sites excluding steroid dienone is 4. The van der Waals surface area contributed by atoms with Gasteiger partial charge in [0.1, 0.15) is 11.5 Å². The predicted octanol–water partition coefficient (Wildman–Crippen LogP) is 7.86. The summed E-state index contributed by atoms with van der Waals surface area (Å²) in [5, 5.41) is 0. The lowest BCUT2D eigenvalue weighted by Crippen LogP contribution is -2.13. The minimum absolute atomic E-state index is 0.0272. The van der Waals surface area contributed by atoms with E-state index in [4.69, 9.17) is 5.73 Å². The van der Waals surface area contributed by atoms with Crippen molar-refractivity contribution in [2.24, 2.45) is 22.6 Å². The summed E-state index contributed by atoms with van der Waals surface area (Å²) < 4.78 is 55.0. The van der Waals surface area contributed by atoms with Gasteiger partial charge in [0.2, 0.25) is 5.91 Å². The molecule has 40 heavy (non-hydrogen) atoms. The van der Waals surface area contributed by atoms with Crippen molar-refractivity contribution in [3.05, 3.63) is 88.2 Å². The van der Waals surface area contributed by atoms with Crippen LogP contribution < -0.4 is 5.73 Å². The zero-order valence-electron chi connectivity index (χ0n) is 22.7. The number of benzene rings is 1. The van der Waals surface area contributed by atoms with Gasteiger partial charge in [0.05, 0.1) is 12.1 Å². The van der Waals surface area contributed by atoms with Gasteiger partial charge in [0.25, 0.3) is 0 Å². The number of nitrogens with zero attached hydrogens (tertiary/aromatic N) is 2. The molecule has 1 aromatic carbocycles. The van der Waals surface area contributed by atoms with E-state index in [2.05, 4.69) is 9.98 Å². The molecule has 1 fully saturated rings. The molecule has 2 aromatic rings.